The van der Waals surface area contributed by atoms with E-state index in [4.69, 9.17) is 9.47 Å². The summed E-state index contributed by atoms with van der Waals surface area (Å²) in [6, 6.07) is 7.46. The second-order valence-electron chi connectivity index (χ2n) is 6.69. The first-order chi connectivity index (χ1) is 14.0. The summed E-state index contributed by atoms with van der Waals surface area (Å²) in [5, 5.41) is 12.9. The van der Waals surface area contributed by atoms with E-state index in [1.165, 1.54) is 16.0 Å². The normalized spacial score (nSPS) is 15.0. The van der Waals surface area contributed by atoms with Crippen LogP contribution in [-0.2, 0) is 24.3 Å². The Labute approximate surface area is 170 Å². The highest BCUT2D eigenvalue weighted by Crippen LogP contribution is 2.35. The lowest BCUT2D eigenvalue weighted by Crippen LogP contribution is -2.33. The van der Waals surface area contributed by atoms with Gasteiger partial charge in [-0.15, -0.1) is 11.3 Å². The summed E-state index contributed by atoms with van der Waals surface area (Å²) < 4.78 is 13.7. The van der Waals surface area contributed by atoms with Crippen LogP contribution in [0.2, 0.25) is 0 Å². The minimum Gasteiger partial charge on any atom is -0.494 e. The quantitative estimate of drug-likeness (QED) is 0.628. The molecule has 1 aromatic carbocycles. The Kier molecular flexibility index (Phi) is 5.34. The van der Waals surface area contributed by atoms with Gasteiger partial charge in [-0.2, -0.15) is 9.36 Å². The third-order valence-corrected chi connectivity index (χ3v) is 5.35. The summed E-state index contributed by atoms with van der Waals surface area (Å²) in [7, 11) is 0. The van der Waals surface area contributed by atoms with Crippen LogP contribution >= 0.6 is 11.3 Å². The number of nitrogens with one attached hydrogen (secondary N) is 1. The highest BCUT2D eigenvalue weighted by molar-refractivity contribution is 7.12. The second kappa shape index (κ2) is 8.08. The van der Waals surface area contributed by atoms with Gasteiger partial charge in [0.25, 0.3) is 0 Å². The highest BCUT2D eigenvalue weighted by atomic mass is 32.1. The molecule has 0 spiro atoms. The van der Waals surface area contributed by atoms with Gasteiger partial charge in [-0.05, 0) is 53.9 Å². The maximum atomic E-state index is 12.4. The van der Waals surface area contributed by atoms with Crippen LogP contribution in [0.3, 0.4) is 0 Å². The molecule has 152 valence electrons. The van der Waals surface area contributed by atoms with Crippen LogP contribution in [-0.4, -0.2) is 38.4 Å². The predicted octanol–water partition coefficient (Wildman–Crippen LogP) is 1.53. The van der Waals surface area contributed by atoms with E-state index in [1.807, 2.05) is 37.4 Å². The topological polar surface area (TPSA) is 100 Å². The van der Waals surface area contributed by atoms with E-state index in [2.05, 4.69) is 15.7 Å². The molecule has 0 radical (unpaired) electrons. The first-order valence-electron chi connectivity index (χ1n) is 9.33. The number of benzene rings is 1. The fourth-order valence-electron chi connectivity index (χ4n) is 3.20. The number of carbonyl (C=O) groups excluding carboxylic acids is 1. The largest absolute Gasteiger partial charge is 0.494 e. The summed E-state index contributed by atoms with van der Waals surface area (Å²) >= 11 is 1.37. The van der Waals surface area contributed by atoms with Gasteiger partial charge >= 0.3 is 5.69 Å². The van der Waals surface area contributed by atoms with Crippen LogP contribution in [0.4, 0.5) is 0 Å². The van der Waals surface area contributed by atoms with Crippen LogP contribution in [0.15, 0.2) is 34.4 Å². The molecule has 29 heavy (non-hydrogen) atoms. The number of nitrogens with zero attached hydrogens (tertiary/aromatic N) is 4. The maximum absolute atomic E-state index is 12.4. The van der Waals surface area contributed by atoms with Crippen molar-refractivity contribution < 1.29 is 14.3 Å². The lowest BCUT2D eigenvalue weighted by atomic mass is 10.1. The molecule has 0 bridgehead atoms. The fraction of sp³-hybridized carbons (Fsp3) is 0.368. The molecule has 0 saturated heterocycles. The molecule has 0 fully saturated rings. The Morgan fingerprint density at radius 2 is 2.28 bits per heavy atom. The number of fused-ring (bicyclic) bond motifs is 1. The van der Waals surface area contributed by atoms with Crippen molar-refractivity contribution in [2.45, 2.75) is 39.5 Å². The summed E-state index contributed by atoms with van der Waals surface area (Å²) in [5.74, 6) is 1.20. The number of aromatic nitrogens is 4. The average Bonchev–Trinajstić information content (AvgIpc) is 3.41. The molecular formula is C19H21N5O4S. The molecule has 1 atom stereocenters. The van der Waals surface area contributed by atoms with Crippen molar-refractivity contribution in [3.63, 3.8) is 0 Å². The third-order valence-electron chi connectivity index (χ3n) is 4.50. The highest BCUT2D eigenvalue weighted by Gasteiger charge is 2.22. The number of thiophene rings is 1. The van der Waals surface area contributed by atoms with E-state index in [-0.39, 0.29) is 25.1 Å². The van der Waals surface area contributed by atoms with Gasteiger partial charge in [0, 0.05) is 24.1 Å². The predicted molar refractivity (Wildman–Crippen MR) is 107 cm³/mol. The average molecular weight is 415 g/mol. The van der Waals surface area contributed by atoms with Gasteiger partial charge in [0.2, 0.25) is 5.91 Å². The van der Waals surface area contributed by atoms with E-state index in [1.54, 1.807) is 6.07 Å². The summed E-state index contributed by atoms with van der Waals surface area (Å²) in [5.41, 5.74) is 1.47. The van der Waals surface area contributed by atoms with E-state index >= 15 is 0 Å². The first kappa shape index (κ1) is 19.2. The summed E-state index contributed by atoms with van der Waals surface area (Å²) in [6.07, 6.45) is 0.965. The monoisotopic (exact) mass is 415 g/mol. The molecule has 1 aliphatic heterocycles. The Hall–Kier alpha value is -3.14. The van der Waals surface area contributed by atoms with Crippen molar-refractivity contribution in [3.05, 3.63) is 51.3 Å². The molecule has 1 N–H and O–H groups in total. The molecule has 0 saturated carbocycles. The second-order valence-corrected chi connectivity index (χ2v) is 7.62. The zero-order valence-corrected chi connectivity index (χ0v) is 16.9. The summed E-state index contributed by atoms with van der Waals surface area (Å²) in [6.45, 7) is 4.50. The van der Waals surface area contributed by atoms with Gasteiger partial charge in [-0.3, -0.25) is 4.79 Å². The van der Waals surface area contributed by atoms with Crippen molar-refractivity contribution in [1.29, 1.82) is 0 Å². The number of rotatable bonds is 7. The molecule has 10 heteroatoms. The van der Waals surface area contributed by atoms with E-state index in [9.17, 15) is 9.59 Å². The standard InChI is InChI=1S/C19H21N5O4S/c1-3-27-15-8-13-7-12(2)28-16(13)9-14(15)10-20-17(25)11-23-19(26)24(22-21-23)18-5-4-6-29-18/h4-6,8-9,12H,3,7,10-11H2,1-2H3,(H,20,25). The minimum atomic E-state index is -0.461. The molecule has 4 rings (SSSR count). The van der Waals surface area contributed by atoms with Crippen LogP contribution in [0, 0.1) is 0 Å². The molecule has 1 unspecified atom stereocenters. The molecule has 0 aliphatic carbocycles. The van der Waals surface area contributed by atoms with Gasteiger partial charge in [0.15, 0.2) is 0 Å². The van der Waals surface area contributed by atoms with E-state index in [0.717, 1.165) is 33.7 Å². The van der Waals surface area contributed by atoms with Crippen LogP contribution in [0.25, 0.3) is 5.00 Å². The van der Waals surface area contributed by atoms with Gasteiger partial charge in [0.05, 0.1) is 6.61 Å². The lowest BCUT2D eigenvalue weighted by Gasteiger charge is -2.13. The lowest BCUT2D eigenvalue weighted by molar-refractivity contribution is -0.122. The molecule has 9 nitrogen and oxygen atoms in total. The van der Waals surface area contributed by atoms with E-state index in [0.29, 0.717) is 11.6 Å². The molecule has 2 aromatic heterocycles. The maximum Gasteiger partial charge on any atom is 0.369 e. The third kappa shape index (κ3) is 4.02. The Morgan fingerprint density at radius 3 is 3.03 bits per heavy atom. The molecule has 3 aromatic rings. The van der Waals surface area contributed by atoms with Crippen molar-refractivity contribution >= 4 is 17.2 Å². The SMILES string of the molecule is CCOc1cc2c(cc1CNC(=O)Cn1nnn(-c3cccs3)c1=O)OC(C)C2. The van der Waals surface area contributed by atoms with Crippen LogP contribution < -0.4 is 20.5 Å². The van der Waals surface area contributed by atoms with Crippen molar-refractivity contribution in [3.8, 4) is 16.5 Å². The zero-order valence-electron chi connectivity index (χ0n) is 16.1. The molecule has 1 aliphatic rings. The Morgan fingerprint density at radius 1 is 1.41 bits per heavy atom. The zero-order chi connectivity index (χ0) is 20.4. The van der Waals surface area contributed by atoms with Crippen molar-refractivity contribution in [2.24, 2.45) is 0 Å². The first-order valence-corrected chi connectivity index (χ1v) is 10.2. The van der Waals surface area contributed by atoms with Gasteiger partial charge in [0.1, 0.15) is 29.1 Å². The van der Waals surface area contributed by atoms with Crippen molar-refractivity contribution in [1.82, 2.24) is 25.1 Å². The summed E-state index contributed by atoms with van der Waals surface area (Å²) in [4.78, 5) is 24.7. The number of tetrazole rings is 1. The fourth-order valence-corrected chi connectivity index (χ4v) is 3.87. The van der Waals surface area contributed by atoms with Crippen LogP contribution in [0.1, 0.15) is 25.0 Å². The number of hydrogen-bond acceptors (Lipinski definition) is 7. The number of ether oxygens (including phenoxy) is 2. The Balaban J connectivity index is 1.44. The number of amides is 1. The van der Waals surface area contributed by atoms with E-state index < -0.39 is 5.69 Å². The molecule has 3 heterocycles. The van der Waals surface area contributed by atoms with Gasteiger partial charge in [-0.25, -0.2) is 4.79 Å². The van der Waals surface area contributed by atoms with Crippen molar-refractivity contribution in [2.75, 3.05) is 6.61 Å². The molecule has 1 amide bonds. The van der Waals surface area contributed by atoms with Gasteiger partial charge in [-0.1, -0.05) is 0 Å². The smallest absolute Gasteiger partial charge is 0.369 e. The van der Waals surface area contributed by atoms with Crippen LogP contribution in [0.5, 0.6) is 11.5 Å². The van der Waals surface area contributed by atoms with Gasteiger partial charge < -0.3 is 14.8 Å². The molecular weight excluding hydrogens is 394 g/mol. The number of hydrogen-bond donors (Lipinski definition) is 1. The number of carbonyl (C=O) groups is 1. The Bertz CT molecular complexity index is 1070. The minimum absolute atomic E-state index is 0.127.